The van der Waals surface area contributed by atoms with E-state index in [2.05, 4.69) is 53.1 Å². The number of alkyl halides is 2. The number of hydrogen-bond acceptors (Lipinski definition) is 8. The van der Waals surface area contributed by atoms with Crippen molar-refractivity contribution in [2.24, 2.45) is 0 Å². The molecule has 1 aromatic heterocycles. The van der Waals surface area contributed by atoms with E-state index in [4.69, 9.17) is 19.4 Å². The minimum Gasteiger partial charge on any atom is -0.462 e. The Morgan fingerprint density at radius 3 is 2.57 bits per heavy atom. The van der Waals surface area contributed by atoms with Crippen LogP contribution in [0.5, 0.6) is 6.01 Å². The number of ether oxygens (including phenoxy) is 2. The van der Waals surface area contributed by atoms with Gasteiger partial charge < -0.3 is 24.2 Å². The minimum absolute atomic E-state index is 0.0334. The number of aromatic nitrogens is 2. The van der Waals surface area contributed by atoms with Crippen molar-refractivity contribution in [1.29, 1.82) is 0 Å². The molecule has 4 heterocycles. The van der Waals surface area contributed by atoms with E-state index in [9.17, 15) is 13.6 Å². The molecule has 2 saturated heterocycles. The maximum absolute atomic E-state index is 14.0. The van der Waals surface area contributed by atoms with Gasteiger partial charge in [-0.2, -0.15) is 9.97 Å². The lowest BCUT2D eigenvalue weighted by molar-refractivity contribution is -0.126. The molecule has 0 radical (unpaired) electrons. The number of halogens is 2. The molecule has 234 valence electrons. The number of aryl methyl sites for hydroxylation is 1. The first kappa shape index (κ1) is 30.2. The normalized spacial score (nSPS) is 20.5. The van der Waals surface area contributed by atoms with Crippen molar-refractivity contribution < 1.29 is 23.0 Å². The summed E-state index contributed by atoms with van der Waals surface area (Å²) in [7, 11) is 3.29. The van der Waals surface area contributed by atoms with Gasteiger partial charge in [0.05, 0.1) is 25.4 Å². The summed E-state index contributed by atoms with van der Waals surface area (Å²) < 4.78 is 39.2. The average Bonchev–Trinajstić information content (AvgIpc) is 3.29. The fraction of sp³-hybridized carbons (Fsp3) is 0.485. The van der Waals surface area contributed by atoms with Gasteiger partial charge >= 0.3 is 6.01 Å². The average molecular weight is 607 g/mol. The first-order valence-corrected chi connectivity index (χ1v) is 15.3. The first-order valence-electron chi connectivity index (χ1n) is 15.3. The van der Waals surface area contributed by atoms with E-state index in [0.717, 1.165) is 35.7 Å². The molecule has 0 unspecified atom stereocenters. The van der Waals surface area contributed by atoms with Gasteiger partial charge in [-0.3, -0.25) is 9.69 Å². The molecule has 0 N–H and O–H groups in total. The molecule has 3 aliphatic rings. The number of methoxy groups -OCH3 is 1. The first-order chi connectivity index (χ1) is 21.2. The van der Waals surface area contributed by atoms with Crippen LogP contribution in [-0.2, 0) is 22.5 Å². The smallest absolute Gasteiger partial charge is 0.318 e. The molecule has 1 amide bonds. The number of likely N-dealkylation sites (N-methyl/N-ethyl adjacent to an activating group) is 1. The third-order valence-electron chi connectivity index (χ3n) is 8.91. The molecule has 3 aromatic rings. The van der Waals surface area contributed by atoms with Crippen molar-refractivity contribution in [1.82, 2.24) is 19.8 Å². The lowest BCUT2D eigenvalue weighted by atomic mass is 9.99. The Morgan fingerprint density at radius 1 is 1.07 bits per heavy atom. The molecule has 0 bridgehead atoms. The fourth-order valence-electron chi connectivity index (χ4n) is 6.59. The Hall–Kier alpha value is -3.83. The number of rotatable bonds is 8. The highest BCUT2D eigenvalue weighted by Gasteiger charge is 2.43. The number of benzene rings is 2. The number of nitrogens with zero attached hydrogens (tertiary/aromatic N) is 6. The zero-order valence-electron chi connectivity index (χ0n) is 25.6. The van der Waals surface area contributed by atoms with Gasteiger partial charge in [-0.05, 0) is 37.4 Å². The maximum Gasteiger partial charge on any atom is 0.318 e. The minimum atomic E-state index is -2.72. The van der Waals surface area contributed by atoms with E-state index in [-0.39, 0.29) is 31.5 Å². The second kappa shape index (κ2) is 12.6. The summed E-state index contributed by atoms with van der Waals surface area (Å²) in [6.45, 7) is 6.10. The van der Waals surface area contributed by atoms with Crippen molar-refractivity contribution in [3.8, 4) is 6.01 Å². The van der Waals surface area contributed by atoms with E-state index in [0.29, 0.717) is 39.3 Å². The number of hydrogen-bond donors (Lipinski definition) is 0. The highest BCUT2D eigenvalue weighted by Crippen LogP contribution is 2.36. The van der Waals surface area contributed by atoms with Crippen LogP contribution in [0.15, 0.2) is 48.6 Å². The molecule has 44 heavy (non-hydrogen) atoms. The molecule has 1 atom stereocenters. The molecule has 6 rings (SSSR count). The van der Waals surface area contributed by atoms with Gasteiger partial charge in [-0.15, -0.1) is 0 Å². The zero-order chi connectivity index (χ0) is 30.8. The van der Waals surface area contributed by atoms with E-state index in [1.807, 2.05) is 4.90 Å². The van der Waals surface area contributed by atoms with Gasteiger partial charge in [0, 0.05) is 75.0 Å². The summed E-state index contributed by atoms with van der Waals surface area (Å²) in [6, 6.07) is 12.5. The van der Waals surface area contributed by atoms with Crippen molar-refractivity contribution in [2.45, 2.75) is 38.3 Å². The summed E-state index contributed by atoms with van der Waals surface area (Å²) in [4.78, 5) is 30.4. The number of anilines is 2. The van der Waals surface area contributed by atoms with Crippen LogP contribution < -0.4 is 14.5 Å². The Morgan fingerprint density at radius 2 is 1.84 bits per heavy atom. The summed E-state index contributed by atoms with van der Waals surface area (Å²) in [5, 5.41) is 2.43. The second-order valence-corrected chi connectivity index (χ2v) is 12.0. The highest BCUT2D eigenvalue weighted by molar-refractivity contribution is 5.97. The monoisotopic (exact) mass is 606 g/mol. The summed E-state index contributed by atoms with van der Waals surface area (Å²) >= 11 is 0. The van der Waals surface area contributed by atoms with Gasteiger partial charge in [0.25, 0.3) is 5.92 Å². The van der Waals surface area contributed by atoms with Crippen LogP contribution in [0.3, 0.4) is 0 Å². The van der Waals surface area contributed by atoms with Crippen LogP contribution in [0.1, 0.15) is 23.2 Å². The summed E-state index contributed by atoms with van der Waals surface area (Å²) in [6.07, 6.45) is 3.79. The lowest BCUT2D eigenvalue weighted by Gasteiger charge is -2.38. The van der Waals surface area contributed by atoms with Crippen LogP contribution in [0.4, 0.5) is 20.3 Å². The molecule has 2 aromatic carbocycles. The quantitative estimate of drug-likeness (QED) is 0.356. The topological polar surface area (TPSA) is 74.3 Å². The van der Waals surface area contributed by atoms with Gasteiger partial charge in [0.15, 0.2) is 0 Å². The van der Waals surface area contributed by atoms with Gasteiger partial charge in [0.1, 0.15) is 12.4 Å². The predicted molar refractivity (Wildman–Crippen MR) is 167 cm³/mol. The number of carbonyl (C=O) groups excluding carboxylic acids is 1. The molecular weight excluding hydrogens is 566 g/mol. The van der Waals surface area contributed by atoms with Crippen LogP contribution in [0, 0.1) is 6.92 Å². The summed E-state index contributed by atoms with van der Waals surface area (Å²) in [5.74, 6) is -1.95. The number of carbonyl (C=O) groups is 1. The SMILES string of the molecule is COC/C=C/C(=O)N1CCN(c2nc(OC[C@@H]3CC(F)(F)CN3C)nc3c2CCN(c2cccc4cccc(C)c24)C3)CC1. The van der Waals surface area contributed by atoms with Gasteiger partial charge in [-0.1, -0.05) is 36.4 Å². The largest absolute Gasteiger partial charge is 0.462 e. The van der Waals surface area contributed by atoms with Crippen molar-refractivity contribution in [2.75, 3.05) is 76.4 Å². The lowest BCUT2D eigenvalue weighted by Crippen LogP contribution is -2.49. The highest BCUT2D eigenvalue weighted by atomic mass is 19.3. The van der Waals surface area contributed by atoms with E-state index < -0.39 is 12.0 Å². The number of likely N-dealkylation sites (tertiary alicyclic amines) is 1. The van der Waals surface area contributed by atoms with Crippen molar-refractivity contribution >= 4 is 28.2 Å². The third kappa shape index (κ3) is 6.34. The standard InChI is InChI=1S/C33H40F2N6O3/c1-23-7-4-8-24-9-5-10-28(30(23)24)41-13-12-26-27(20-41)36-32(44-21-25-19-33(34,35)22-38(25)2)37-31(26)40-16-14-39(15-17-40)29(42)11-6-18-43-3/h4-11,25H,12-22H2,1-3H3/b11-6+/t25-/m0/s1. The molecule has 2 fully saturated rings. The van der Waals surface area contributed by atoms with E-state index in [1.54, 1.807) is 31.2 Å². The molecule has 0 saturated carbocycles. The van der Waals surface area contributed by atoms with Crippen LogP contribution >= 0.6 is 0 Å². The molecular formula is C33H40F2N6O3. The third-order valence-corrected chi connectivity index (χ3v) is 8.91. The van der Waals surface area contributed by atoms with Gasteiger partial charge in [-0.25, -0.2) is 8.78 Å². The fourth-order valence-corrected chi connectivity index (χ4v) is 6.59. The zero-order valence-corrected chi connectivity index (χ0v) is 25.6. The molecule has 11 heteroatoms. The molecule has 3 aliphatic heterocycles. The van der Waals surface area contributed by atoms with Crippen LogP contribution in [0.25, 0.3) is 10.8 Å². The molecule has 0 aliphatic carbocycles. The van der Waals surface area contributed by atoms with E-state index >= 15 is 0 Å². The van der Waals surface area contributed by atoms with Crippen LogP contribution in [-0.4, -0.2) is 104 Å². The number of amides is 1. The van der Waals surface area contributed by atoms with Gasteiger partial charge in [0.2, 0.25) is 5.91 Å². The maximum atomic E-state index is 14.0. The van der Waals surface area contributed by atoms with Crippen LogP contribution in [0.2, 0.25) is 0 Å². The second-order valence-electron chi connectivity index (χ2n) is 12.0. The molecule has 9 nitrogen and oxygen atoms in total. The van der Waals surface area contributed by atoms with Crippen molar-refractivity contribution in [3.05, 3.63) is 65.4 Å². The van der Waals surface area contributed by atoms with Crippen molar-refractivity contribution in [3.63, 3.8) is 0 Å². The Balaban J connectivity index is 1.27. The summed E-state index contributed by atoms with van der Waals surface area (Å²) in [5.41, 5.74) is 4.35. The number of fused-ring (bicyclic) bond motifs is 2. The Labute approximate surface area is 257 Å². The number of piperazine rings is 1. The Bertz CT molecular complexity index is 1540. The van der Waals surface area contributed by atoms with E-state index in [1.165, 1.54) is 16.3 Å². The Kier molecular flexibility index (Phi) is 8.68. The molecule has 0 spiro atoms. The predicted octanol–water partition coefficient (Wildman–Crippen LogP) is 4.07.